The van der Waals surface area contributed by atoms with Crippen LogP contribution in [0, 0.1) is 5.92 Å². The summed E-state index contributed by atoms with van der Waals surface area (Å²) in [6.07, 6.45) is 2.11. The number of benzene rings is 1. The summed E-state index contributed by atoms with van der Waals surface area (Å²) in [5, 5.41) is 10.4. The molecule has 130 valence electrons. The first-order chi connectivity index (χ1) is 11.8. The number of carbonyl (C=O) groups is 1. The summed E-state index contributed by atoms with van der Waals surface area (Å²) in [7, 11) is 0. The minimum Gasteiger partial charge on any atom is -0.337 e. The summed E-state index contributed by atoms with van der Waals surface area (Å²) >= 11 is 0. The zero-order valence-electron chi connectivity index (χ0n) is 15.0. The summed E-state index contributed by atoms with van der Waals surface area (Å²) in [6.45, 7) is 8.31. The minimum atomic E-state index is -0.523. The molecule has 6 heteroatoms. The van der Waals surface area contributed by atoms with Crippen LogP contribution in [0.25, 0.3) is 22.6 Å². The number of rotatable bonds is 4. The summed E-state index contributed by atoms with van der Waals surface area (Å²) < 4.78 is 0. The standard InChI is InChI=1S/C19H23N5O/c1-10(2)5-6-11-7-16(24-23-11)17-20-14-8-12-13(9-15(14)21-17)22-18(25)19(12,3)4/h7-10H,5-6H2,1-4H3,(H,20,21)(H,22,25)(H,23,24). The summed E-state index contributed by atoms with van der Waals surface area (Å²) in [5.74, 6) is 1.44. The van der Waals surface area contributed by atoms with Crippen molar-refractivity contribution in [2.45, 2.75) is 46.0 Å². The molecule has 2 aromatic heterocycles. The molecular weight excluding hydrogens is 314 g/mol. The number of aryl methyl sites for hydroxylation is 1. The van der Waals surface area contributed by atoms with Crippen molar-refractivity contribution < 1.29 is 4.79 Å². The number of anilines is 1. The average Bonchev–Trinajstić information content (AvgIpc) is 3.22. The zero-order chi connectivity index (χ0) is 17.8. The molecule has 6 nitrogen and oxygen atoms in total. The van der Waals surface area contributed by atoms with Crippen LogP contribution in [0.4, 0.5) is 5.69 Å². The maximum Gasteiger partial charge on any atom is 0.234 e. The fourth-order valence-electron chi connectivity index (χ4n) is 3.25. The number of aromatic amines is 2. The second-order valence-corrected chi connectivity index (χ2v) is 7.79. The number of fused-ring (bicyclic) bond motifs is 2. The molecule has 3 N–H and O–H groups in total. The average molecular weight is 337 g/mol. The molecule has 3 heterocycles. The monoisotopic (exact) mass is 337 g/mol. The van der Waals surface area contributed by atoms with Gasteiger partial charge in [0, 0.05) is 11.4 Å². The molecule has 1 amide bonds. The largest absolute Gasteiger partial charge is 0.337 e. The van der Waals surface area contributed by atoms with Crippen molar-refractivity contribution in [3.05, 3.63) is 29.5 Å². The summed E-state index contributed by atoms with van der Waals surface area (Å²) in [4.78, 5) is 20.1. The Bertz CT molecular complexity index is 964. The number of amides is 1. The van der Waals surface area contributed by atoms with E-state index in [4.69, 9.17) is 0 Å². The lowest BCUT2D eigenvalue weighted by molar-refractivity contribution is -0.119. The molecule has 0 fully saturated rings. The third-order valence-electron chi connectivity index (χ3n) is 4.97. The Balaban J connectivity index is 1.68. The summed E-state index contributed by atoms with van der Waals surface area (Å²) in [5.41, 5.74) is 5.02. The van der Waals surface area contributed by atoms with Crippen molar-refractivity contribution >= 4 is 22.6 Å². The van der Waals surface area contributed by atoms with Crippen LogP contribution in [0.1, 0.15) is 45.4 Å². The quantitative estimate of drug-likeness (QED) is 0.677. The van der Waals surface area contributed by atoms with Gasteiger partial charge in [-0.05, 0) is 56.4 Å². The van der Waals surface area contributed by atoms with Crippen LogP contribution in [-0.2, 0) is 16.6 Å². The fourth-order valence-corrected chi connectivity index (χ4v) is 3.25. The van der Waals surface area contributed by atoms with Crippen LogP contribution in [0.3, 0.4) is 0 Å². The Morgan fingerprint density at radius 2 is 2.00 bits per heavy atom. The number of H-pyrrole nitrogens is 2. The first-order valence-corrected chi connectivity index (χ1v) is 8.75. The first-order valence-electron chi connectivity index (χ1n) is 8.75. The molecule has 0 spiro atoms. The molecule has 0 bridgehead atoms. The Kier molecular flexibility index (Phi) is 3.45. The smallest absolute Gasteiger partial charge is 0.234 e. The fraction of sp³-hybridized carbons (Fsp3) is 0.421. The van der Waals surface area contributed by atoms with Crippen LogP contribution < -0.4 is 5.32 Å². The van der Waals surface area contributed by atoms with E-state index in [0.717, 1.165) is 52.3 Å². The molecule has 0 radical (unpaired) electrons. The molecule has 1 aliphatic heterocycles. The van der Waals surface area contributed by atoms with Gasteiger partial charge in [-0.25, -0.2) is 4.98 Å². The van der Waals surface area contributed by atoms with E-state index < -0.39 is 5.41 Å². The van der Waals surface area contributed by atoms with E-state index in [1.54, 1.807) is 0 Å². The lowest BCUT2D eigenvalue weighted by Gasteiger charge is -2.14. The van der Waals surface area contributed by atoms with Crippen molar-refractivity contribution in [3.8, 4) is 11.5 Å². The molecule has 0 saturated carbocycles. The highest BCUT2D eigenvalue weighted by molar-refractivity contribution is 6.07. The predicted octanol–water partition coefficient (Wildman–Crippen LogP) is 3.77. The van der Waals surface area contributed by atoms with Crippen LogP contribution >= 0.6 is 0 Å². The Labute approximate surface area is 146 Å². The van der Waals surface area contributed by atoms with Crippen molar-refractivity contribution in [1.29, 1.82) is 0 Å². The Morgan fingerprint density at radius 3 is 2.76 bits per heavy atom. The molecule has 4 rings (SSSR count). The van der Waals surface area contributed by atoms with Crippen LogP contribution in [0.15, 0.2) is 18.2 Å². The van der Waals surface area contributed by atoms with E-state index >= 15 is 0 Å². The number of hydrogen-bond donors (Lipinski definition) is 3. The van der Waals surface area contributed by atoms with Crippen molar-refractivity contribution in [3.63, 3.8) is 0 Å². The highest BCUT2D eigenvalue weighted by Crippen LogP contribution is 2.39. The number of hydrogen-bond acceptors (Lipinski definition) is 3. The zero-order valence-corrected chi connectivity index (χ0v) is 15.0. The van der Waals surface area contributed by atoms with Crippen LogP contribution in [-0.4, -0.2) is 26.1 Å². The molecule has 0 aliphatic carbocycles. The van der Waals surface area contributed by atoms with Crippen molar-refractivity contribution in [1.82, 2.24) is 20.2 Å². The van der Waals surface area contributed by atoms with E-state index in [2.05, 4.69) is 45.4 Å². The lowest BCUT2D eigenvalue weighted by Crippen LogP contribution is -2.26. The number of nitrogens with one attached hydrogen (secondary N) is 3. The lowest BCUT2D eigenvalue weighted by atomic mass is 9.86. The molecule has 1 aliphatic rings. The second kappa shape index (κ2) is 5.44. The van der Waals surface area contributed by atoms with Gasteiger partial charge in [0.05, 0.1) is 16.4 Å². The number of carbonyl (C=O) groups excluding carboxylic acids is 1. The maximum atomic E-state index is 12.1. The highest BCUT2D eigenvalue weighted by atomic mass is 16.2. The van der Waals surface area contributed by atoms with Gasteiger partial charge in [-0.15, -0.1) is 0 Å². The molecule has 0 unspecified atom stereocenters. The molecule has 3 aromatic rings. The van der Waals surface area contributed by atoms with E-state index in [-0.39, 0.29) is 5.91 Å². The minimum absolute atomic E-state index is 0.0254. The Morgan fingerprint density at radius 1 is 1.20 bits per heavy atom. The highest BCUT2D eigenvalue weighted by Gasteiger charge is 2.38. The van der Waals surface area contributed by atoms with E-state index in [1.165, 1.54) is 0 Å². The first kappa shape index (κ1) is 15.9. The number of nitrogens with zero attached hydrogens (tertiary/aromatic N) is 2. The van der Waals surface area contributed by atoms with Gasteiger partial charge >= 0.3 is 0 Å². The SMILES string of the molecule is CC(C)CCc1cc(-c2nc3cc4c(cc3[nH]2)C(C)(C)C(=O)N4)n[nH]1. The maximum absolute atomic E-state index is 12.1. The number of imidazole rings is 1. The van der Waals surface area contributed by atoms with Gasteiger partial charge < -0.3 is 10.3 Å². The van der Waals surface area contributed by atoms with E-state index in [9.17, 15) is 4.79 Å². The topological polar surface area (TPSA) is 86.5 Å². The molecule has 0 atom stereocenters. The number of aromatic nitrogens is 4. The summed E-state index contributed by atoms with van der Waals surface area (Å²) in [6, 6.07) is 6.01. The van der Waals surface area contributed by atoms with Gasteiger partial charge in [-0.2, -0.15) is 5.10 Å². The van der Waals surface area contributed by atoms with Crippen molar-refractivity contribution in [2.24, 2.45) is 5.92 Å². The van der Waals surface area contributed by atoms with Gasteiger partial charge in [0.2, 0.25) is 5.91 Å². The van der Waals surface area contributed by atoms with Crippen LogP contribution in [0.5, 0.6) is 0 Å². The van der Waals surface area contributed by atoms with Gasteiger partial charge in [0.25, 0.3) is 0 Å². The van der Waals surface area contributed by atoms with Gasteiger partial charge in [0.15, 0.2) is 5.82 Å². The van der Waals surface area contributed by atoms with Crippen LogP contribution in [0.2, 0.25) is 0 Å². The normalized spacial score (nSPS) is 15.8. The second-order valence-electron chi connectivity index (χ2n) is 7.79. The molecule has 0 saturated heterocycles. The van der Waals surface area contributed by atoms with Gasteiger partial charge in [0.1, 0.15) is 5.69 Å². The van der Waals surface area contributed by atoms with E-state index in [1.807, 2.05) is 26.0 Å². The molecule has 1 aromatic carbocycles. The third-order valence-corrected chi connectivity index (χ3v) is 4.97. The Hall–Kier alpha value is -2.63. The molecule has 25 heavy (non-hydrogen) atoms. The third kappa shape index (κ3) is 2.62. The van der Waals surface area contributed by atoms with Gasteiger partial charge in [-0.1, -0.05) is 13.8 Å². The molecular formula is C19H23N5O. The predicted molar refractivity (Wildman–Crippen MR) is 98.5 cm³/mol. The van der Waals surface area contributed by atoms with Crippen molar-refractivity contribution in [2.75, 3.05) is 5.32 Å². The van der Waals surface area contributed by atoms with Gasteiger partial charge in [-0.3, -0.25) is 9.89 Å². The van der Waals surface area contributed by atoms with E-state index in [0.29, 0.717) is 5.92 Å².